The molecule has 6 nitrogen and oxygen atoms in total. The number of carbonyl (C=O) groups excluding carboxylic acids is 1. The largest absolute Gasteiger partial charge is 0.467 e. The molecule has 0 spiro atoms. The highest BCUT2D eigenvalue weighted by Crippen LogP contribution is 2.38. The van der Waals surface area contributed by atoms with Gasteiger partial charge in [-0.3, -0.25) is 0 Å². The van der Waals surface area contributed by atoms with Crippen LogP contribution in [0.3, 0.4) is 0 Å². The van der Waals surface area contributed by atoms with Crippen LogP contribution in [0.1, 0.15) is 22.5 Å². The van der Waals surface area contributed by atoms with E-state index in [-0.39, 0.29) is 25.9 Å². The number of alkyl halides is 6. The van der Waals surface area contributed by atoms with Crippen LogP contribution in [0, 0.1) is 0 Å². The van der Waals surface area contributed by atoms with Gasteiger partial charge in [0.1, 0.15) is 5.76 Å². The van der Waals surface area contributed by atoms with Gasteiger partial charge in [0.15, 0.2) is 11.5 Å². The Morgan fingerprint density at radius 2 is 1.56 bits per heavy atom. The smallest absolute Gasteiger partial charge is 0.416 e. The van der Waals surface area contributed by atoms with Crippen molar-refractivity contribution in [3.8, 4) is 11.5 Å². The molecule has 0 bridgehead atoms. The number of furan rings is 1. The highest BCUT2D eigenvalue weighted by atomic mass is 19.4. The topological polar surface area (TPSA) is 63.9 Å². The van der Waals surface area contributed by atoms with Crippen molar-refractivity contribution < 1.29 is 45.0 Å². The summed E-state index contributed by atoms with van der Waals surface area (Å²) in [4.78, 5) is 14.1. The second kappa shape index (κ2) is 8.84. The predicted molar refractivity (Wildman–Crippen MR) is 106 cm³/mol. The number of hydrogen-bond acceptors (Lipinski definition) is 4. The maximum absolute atomic E-state index is 13.2. The standard InChI is InChI=1S/C22H16F6N2O4/c23-21(24,25)14-7-15(22(26,27)28)9-16(8-14)29-20(31)30(11-17-2-1-5-32-17)10-13-3-4-18-19(6-13)34-12-33-18/h1-9H,10-12H2,(H,29,31). The Morgan fingerprint density at radius 1 is 0.882 bits per heavy atom. The minimum absolute atomic E-state index is 0.0110. The number of hydrogen-bond donors (Lipinski definition) is 1. The van der Waals surface area contributed by atoms with Crippen molar-refractivity contribution in [3.63, 3.8) is 0 Å². The van der Waals surface area contributed by atoms with E-state index in [2.05, 4.69) is 5.32 Å². The summed E-state index contributed by atoms with van der Waals surface area (Å²) in [7, 11) is 0. The van der Waals surface area contributed by atoms with Gasteiger partial charge in [0.25, 0.3) is 0 Å². The zero-order chi connectivity index (χ0) is 24.5. The van der Waals surface area contributed by atoms with Gasteiger partial charge >= 0.3 is 18.4 Å². The van der Waals surface area contributed by atoms with Crippen molar-refractivity contribution in [2.24, 2.45) is 0 Å². The number of rotatable bonds is 5. The Labute approximate surface area is 188 Å². The molecule has 0 atom stereocenters. The van der Waals surface area contributed by atoms with Crippen molar-refractivity contribution in [1.82, 2.24) is 4.90 Å². The molecule has 1 aliphatic heterocycles. The molecule has 0 unspecified atom stereocenters. The molecule has 0 saturated heterocycles. The lowest BCUT2D eigenvalue weighted by Gasteiger charge is -2.23. The summed E-state index contributed by atoms with van der Waals surface area (Å²) in [6, 6.07) is 8.00. The molecule has 2 amide bonds. The van der Waals surface area contributed by atoms with E-state index < -0.39 is 35.2 Å². The van der Waals surface area contributed by atoms with Gasteiger partial charge < -0.3 is 24.1 Å². The van der Waals surface area contributed by atoms with E-state index in [1.807, 2.05) is 0 Å². The summed E-state index contributed by atoms with van der Waals surface area (Å²) in [5.41, 5.74) is -3.13. The van der Waals surface area contributed by atoms with E-state index in [0.717, 1.165) is 0 Å². The number of urea groups is 1. The van der Waals surface area contributed by atoms with E-state index in [4.69, 9.17) is 13.9 Å². The van der Waals surface area contributed by atoms with E-state index >= 15 is 0 Å². The number of nitrogens with one attached hydrogen (secondary N) is 1. The van der Waals surface area contributed by atoms with Gasteiger partial charge in [0.05, 0.1) is 23.9 Å². The predicted octanol–water partition coefficient (Wildman–Crippen LogP) is 6.28. The molecular weight excluding hydrogens is 470 g/mol. The average Bonchev–Trinajstić information content (AvgIpc) is 3.43. The first-order valence-electron chi connectivity index (χ1n) is 9.75. The Morgan fingerprint density at radius 3 is 2.18 bits per heavy atom. The van der Waals surface area contributed by atoms with Crippen LogP contribution in [0.25, 0.3) is 0 Å². The molecule has 34 heavy (non-hydrogen) atoms. The van der Waals surface area contributed by atoms with E-state index in [1.54, 1.807) is 30.3 Å². The summed E-state index contributed by atoms with van der Waals surface area (Å²) in [6.45, 7) is -0.112. The van der Waals surface area contributed by atoms with Crippen LogP contribution in [-0.2, 0) is 25.4 Å². The quantitative estimate of drug-likeness (QED) is 0.431. The van der Waals surface area contributed by atoms with Gasteiger partial charge in [0.2, 0.25) is 6.79 Å². The monoisotopic (exact) mass is 486 g/mol. The molecule has 180 valence electrons. The Bertz CT molecular complexity index is 1140. The number of anilines is 1. The van der Waals surface area contributed by atoms with Crippen LogP contribution in [0.5, 0.6) is 11.5 Å². The number of nitrogens with zero attached hydrogens (tertiary/aromatic N) is 1. The summed E-state index contributed by atoms with van der Waals surface area (Å²) >= 11 is 0. The van der Waals surface area contributed by atoms with Crippen LogP contribution < -0.4 is 14.8 Å². The Balaban J connectivity index is 1.61. The summed E-state index contributed by atoms with van der Waals surface area (Å²) in [5, 5.41) is 2.14. The lowest BCUT2D eigenvalue weighted by molar-refractivity contribution is -0.143. The molecule has 3 aromatic rings. The Hall–Kier alpha value is -3.83. The molecule has 12 heteroatoms. The molecule has 2 heterocycles. The van der Waals surface area contributed by atoms with E-state index in [0.29, 0.717) is 35.0 Å². The molecule has 1 N–H and O–H groups in total. The summed E-state index contributed by atoms with van der Waals surface area (Å²) < 4.78 is 94.7. The number of benzene rings is 2. The van der Waals surface area contributed by atoms with Crippen molar-refractivity contribution in [2.75, 3.05) is 12.1 Å². The maximum Gasteiger partial charge on any atom is 0.416 e. The fraction of sp³-hybridized carbons (Fsp3) is 0.227. The third kappa shape index (κ3) is 5.38. The van der Waals surface area contributed by atoms with Crippen LogP contribution in [0.4, 0.5) is 36.8 Å². The molecule has 0 fully saturated rings. The van der Waals surface area contributed by atoms with Crippen molar-refractivity contribution >= 4 is 11.7 Å². The molecule has 2 aromatic carbocycles. The SMILES string of the molecule is O=C(Nc1cc(C(F)(F)F)cc(C(F)(F)F)c1)N(Cc1ccc2c(c1)OCO2)Cc1ccco1. The van der Waals surface area contributed by atoms with E-state index in [9.17, 15) is 31.1 Å². The van der Waals surface area contributed by atoms with Gasteiger partial charge in [-0.2, -0.15) is 26.3 Å². The van der Waals surface area contributed by atoms with E-state index in [1.165, 1.54) is 11.2 Å². The third-order valence-electron chi connectivity index (χ3n) is 4.86. The second-order valence-corrected chi connectivity index (χ2v) is 7.35. The minimum atomic E-state index is -5.04. The first kappa shape index (κ1) is 23.3. The van der Waals surface area contributed by atoms with Crippen molar-refractivity contribution in [3.05, 3.63) is 77.2 Å². The number of ether oxygens (including phenoxy) is 2. The fourth-order valence-corrected chi connectivity index (χ4v) is 3.28. The van der Waals surface area contributed by atoms with Crippen LogP contribution in [0.15, 0.2) is 59.2 Å². The molecule has 0 aliphatic carbocycles. The van der Waals surface area contributed by atoms with Crippen LogP contribution in [0.2, 0.25) is 0 Å². The normalized spacial score (nSPS) is 13.1. The Kier molecular flexibility index (Phi) is 6.07. The van der Waals surface area contributed by atoms with Crippen molar-refractivity contribution in [1.29, 1.82) is 0 Å². The summed E-state index contributed by atoms with van der Waals surface area (Å²) in [5.74, 6) is 1.31. The molecule has 1 aliphatic rings. The third-order valence-corrected chi connectivity index (χ3v) is 4.86. The van der Waals surface area contributed by atoms with Gasteiger partial charge in [-0.05, 0) is 48.0 Å². The van der Waals surface area contributed by atoms with Gasteiger partial charge in [-0.25, -0.2) is 4.79 Å². The van der Waals surface area contributed by atoms with Crippen LogP contribution >= 0.6 is 0 Å². The van der Waals surface area contributed by atoms with Crippen molar-refractivity contribution in [2.45, 2.75) is 25.4 Å². The lowest BCUT2D eigenvalue weighted by Crippen LogP contribution is -2.34. The highest BCUT2D eigenvalue weighted by molar-refractivity contribution is 5.89. The summed E-state index contributed by atoms with van der Waals surface area (Å²) in [6.07, 6.45) is -8.71. The molecule has 4 rings (SSSR count). The molecule has 1 aromatic heterocycles. The first-order chi connectivity index (χ1) is 16.0. The maximum atomic E-state index is 13.2. The molecule has 0 saturated carbocycles. The zero-order valence-electron chi connectivity index (χ0n) is 17.2. The minimum Gasteiger partial charge on any atom is -0.467 e. The average molecular weight is 486 g/mol. The zero-order valence-corrected chi connectivity index (χ0v) is 17.2. The fourth-order valence-electron chi connectivity index (χ4n) is 3.28. The number of carbonyl (C=O) groups is 1. The number of halogens is 6. The lowest BCUT2D eigenvalue weighted by atomic mass is 10.1. The van der Waals surface area contributed by atoms with Gasteiger partial charge in [0, 0.05) is 12.2 Å². The second-order valence-electron chi connectivity index (χ2n) is 7.35. The van der Waals surface area contributed by atoms with Crippen LogP contribution in [-0.4, -0.2) is 17.7 Å². The van der Waals surface area contributed by atoms with Gasteiger partial charge in [-0.1, -0.05) is 6.07 Å². The highest BCUT2D eigenvalue weighted by Gasteiger charge is 2.37. The first-order valence-corrected chi connectivity index (χ1v) is 9.75. The number of fused-ring (bicyclic) bond motifs is 1. The molecular formula is C22H16F6N2O4. The number of amides is 2. The molecule has 0 radical (unpaired) electrons. The van der Waals surface area contributed by atoms with Gasteiger partial charge in [-0.15, -0.1) is 0 Å².